The minimum atomic E-state index is -0.127. The van der Waals surface area contributed by atoms with E-state index in [0.29, 0.717) is 5.75 Å². The van der Waals surface area contributed by atoms with Crippen LogP contribution in [0.25, 0.3) is 0 Å². The van der Waals surface area contributed by atoms with Gasteiger partial charge in [0.1, 0.15) is 5.75 Å². The second kappa shape index (κ2) is 5.98. The van der Waals surface area contributed by atoms with Gasteiger partial charge in [0, 0.05) is 16.1 Å². The van der Waals surface area contributed by atoms with Crippen molar-refractivity contribution < 1.29 is 5.11 Å². The predicted octanol–water partition coefficient (Wildman–Crippen LogP) is 4.74. The van der Waals surface area contributed by atoms with Gasteiger partial charge in [0.2, 0.25) is 0 Å². The fourth-order valence-electron chi connectivity index (χ4n) is 2.34. The van der Waals surface area contributed by atoms with Crippen LogP contribution in [0.1, 0.15) is 37.9 Å². The minimum Gasteiger partial charge on any atom is -0.508 e. The number of hydrogen-bond donors (Lipinski definition) is 2. The van der Waals surface area contributed by atoms with Crippen molar-refractivity contribution in [1.29, 1.82) is 0 Å². The van der Waals surface area contributed by atoms with E-state index in [1.54, 1.807) is 12.1 Å². The van der Waals surface area contributed by atoms with Gasteiger partial charge in [-0.15, -0.1) is 0 Å². The van der Waals surface area contributed by atoms with Crippen LogP contribution in [-0.4, -0.2) is 5.11 Å². The van der Waals surface area contributed by atoms with Crippen molar-refractivity contribution in [2.75, 3.05) is 0 Å². The van der Waals surface area contributed by atoms with Crippen LogP contribution in [0.3, 0.4) is 0 Å². The molecule has 106 valence electrons. The lowest BCUT2D eigenvalue weighted by atomic mass is 9.92. The Kier molecular flexibility index (Phi) is 4.51. The van der Waals surface area contributed by atoms with Gasteiger partial charge in [0.15, 0.2) is 0 Å². The second-order valence-electron chi connectivity index (χ2n) is 5.59. The van der Waals surface area contributed by atoms with E-state index in [-0.39, 0.29) is 11.6 Å². The summed E-state index contributed by atoms with van der Waals surface area (Å²) in [7, 11) is 0. The first-order chi connectivity index (χ1) is 9.38. The summed E-state index contributed by atoms with van der Waals surface area (Å²) < 4.78 is 1.09. The van der Waals surface area contributed by atoms with E-state index < -0.39 is 0 Å². The maximum Gasteiger partial charge on any atom is 0.115 e. The maximum absolute atomic E-state index is 9.35. The smallest absolute Gasteiger partial charge is 0.115 e. The van der Waals surface area contributed by atoms with Crippen molar-refractivity contribution in [2.45, 2.75) is 32.4 Å². The molecule has 2 rings (SSSR count). The monoisotopic (exact) mass is 333 g/mol. The van der Waals surface area contributed by atoms with Gasteiger partial charge in [0.25, 0.3) is 0 Å². The summed E-state index contributed by atoms with van der Waals surface area (Å²) in [5.41, 5.74) is 2.28. The largest absolute Gasteiger partial charge is 0.508 e. The average molecular weight is 334 g/mol. The molecule has 0 fully saturated rings. The Bertz CT molecular complexity index is 561. The van der Waals surface area contributed by atoms with Gasteiger partial charge in [-0.3, -0.25) is 0 Å². The quantitative estimate of drug-likeness (QED) is 0.846. The molecule has 0 saturated carbocycles. The number of aromatic hydroxyl groups is 1. The molecule has 1 unspecified atom stereocenters. The molecule has 0 aliphatic carbocycles. The number of phenols is 1. The second-order valence-corrected chi connectivity index (χ2v) is 6.51. The number of hydrogen-bond acceptors (Lipinski definition) is 2. The number of benzene rings is 2. The molecule has 2 nitrogen and oxygen atoms in total. The van der Waals surface area contributed by atoms with E-state index in [1.165, 1.54) is 5.56 Å². The molecule has 1 atom stereocenters. The Balaban J connectivity index is 2.14. The molecule has 0 saturated heterocycles. The Morgan fingerprint density at radius 2 is 1.55 bits per heavy atom. The molecule has 2 aromatic carbocycles. The maximum atomic E-state index is 9.35. The first kappa shape index (κ1) is 15.1. The lowest BCUT2D eigenvalue weighted by Gasteiger charge is -2.31. The molecule has 0 aromatic heterocycles. The van der Waals surface area contributed by atoms with E-state index in [4.69, 9.17) is 0 Å². The zero-order valence-electron chi connectivity index (χ0n) is 12.0. The number of phenolic OH excluding ortho intramolecular Hbond substituents is 1. The topological polar surface area (TPSA) is 32.3 Å². The zero-order valence-corrected chi connectivity index (χ0v) is 13.6. The number of halogens is 1. The highest BCUT2D eigenvalue weighted by Gasteiger charge is 2.22. The predicted molar refractivity (Wildman–Crippen MR) is 86.8 cm³/mol. The lowest BCUT2D eigenvalue weighted by molar-refractivity contribution is 0.357. The van der Waals surface area contributed by atoms with Gasteiger partial charge in [-0.2, -0.15) is 0 Å². The molecule has 3 heteroatoms. The SMILES string of the molecule is CC(NC(C)(C)c1ccc(Br)cc1)c1ccc(O)cc1. The summed E-state index contributed by atoms with van der Waals surface area (Å²) in [5, 5.41) is 13.0. The molecule has 0 radical (unpaired) electrons. The molecule has 0 aliphatic heterocycles. The van der Waals surface area contributed by atoms with Gasteiger partial charge in [-0.05, 0) is 56.2 Å². The van der Waals surface area contributed by atoms with Crippen LogP contribution >= 0.6 is 15.9 Å². The highest BCUT2D eigenvalue weighted by atomic mass is 79.9. The van der Waals surface area contributed by atoms with Crippen LogP contribution in [0, 0.1) is 0 Å². The van der Waals surface area contributed by atoms with Crippen molar-refractivity contribution in [3.63, 3.8) is 0 Å². The van der Waals surface area contributed by atoms with Crippen molar-refractivity contribution in [3.8, 4) is 5.75 Å². The van der Waals surface area contributed by atoms with Gasteiger partial charge >= 0.3 is 0 Å². The van der Waals surface area contributed by atoms with Crippen LogP contribution in [0.5, 0.6) is 5.75 Å². The van der Waals surface area contributed by atoms with Gasteiger partial charge in [-0.1, -0.05) is 40.2 Å². The van der Waals surface area contributed by atoms with Crippen molar-refractivity contribution >= 4 is 15.9 Å². The van der Waals surface area contributed by atoms with Crippen LogP contribution < -0.4 is 5.32 Å². The van der Waals surface area contributed by atoms with Gasteiger partial charge in [0.05, 0.1) is 0 Å². The molecule has 0 heterocycles. The van der Waals surface area contributed by atoms with E-state index in [2.05, 4.69) is 66.3 Å². The van der Waals surface area contributed by atoms with E-state index in [0.717, 1.165) is 10.0 Å². The van der Waals surface area contributed by atoms with Crippen molar-refractivity contribution in [1.82, 2.24) is 5.32 Å². The minimum absolute atomic E-state index is 0.127. The van der Waals surface area contributed by atoms with Crippen LogP contribution in [0.15, 0.2) is 53.0 Å². The number of rotatable bonds is 4. The Hall–Kier alpha value is -1.32. The average Bonchev–Trinajstić information content (AvgIpc) is 2.39. The molecule has 0 aliphatic rings. The third-order valence-corrected chi connectivity index (χ3v) is 4.07. The van der Waals surface area contributed by atoms with Crippen LogP contribution in [0.4, 0.5) is 0 Å². The molecule has 0 bridgehead atoms. The molecular formula is C17H20BrNO. The normalized spacial score (nSPS) is 13.2. The number of nitrogens with one attached hydrogen (secondary N) is 1. The lowest BCUT2D eigenvalue weighted by Crippen LogP contribution is -2.38. The summed E-state index contributed by atoms with van der Waals surface area (Å²) in [6, 6.07) is 15.9. The standard InChI is InChI=1S/C17H20BrNO/c1-12(13-4-10-16(20)11-5-13)19-17(2,3)14-6-8-15(18)9-7-14/h4-12,19-20H,1-3H3. The Morgan fingerprint density at radius 3 is 2.10 bits per heavy atom. The van der Waals surface area contributed by atoms with E-state index in [9.17, 15) is 5.11 Å². The van der Waals surface area contributed by atoms with Crippen LogP contribution in [0.2, 0.25) is 0 Å². The van der Waals surface area contributed by atoms with E-state index in [1.807, 2.05) is 12.1 Å². The molecule has 0 spiro atoms. The molecular weight excluding hydrogens is 314 g/mol. The molecule has 0 amide bonds. The Labute approximate surface area is 129 Å². The first-order valence-corrected chi connectivity index (χ1v) is 7.50. The fraction of sp³-hybridized carbons (Fsp3) is 0.294. The summed E-state index contributed by atoms with van der Waals surface area (Å²) in [6.45, 7) is 6.48. The van der Waals surface area contributed by atoms with Gasteiger partial charge < -0.3 is 10.4 Å². The zero-order chi connectivity index (χ0) is 14.8. The molecule has 20 heavy (non-hydrogen) atoms. The third-order valence-electron chi connectivity index (χ3n) is 3.54. The summed E-state index contributed by atoms with van der Waals surface area (Å²) in [4.78, 5) is 0. The van der Waals surface area contributed by atoms with Crippen molar-refractivity contribution in [3.05, 3.63) is 64.1 Å². The fourth-order valence-corrected chi connectivity index (χ4v) is 2.60. The van der Waals surface area contributed by atoms with Gasteiger partial charge in [-0.25, -0.2) is 0 Å². The third kappa shape index (κ3) is 3.62. The highest BCUT2D eigenvalue weighted by Crippen LogP contribution is 2.26. The summed E-state index contributed by atoms with van der Waals surface area (Å²) in [5.74, 6) is 0.299. The molecule has 2 N–H and O–H groups in total. The first-order valence-electron chi connectivity index (χ1n) is 6.71. The van der Waals surface area contributed by atoms with Crippen molar-refractivity contribution in [2.24, 2.45) is 0 Å². The van der Waals surface area contributed by atoms with Crippen LogP contribution in [-0.2, 0) is 5.54 Å². The molecule has 2 aromatic rings. The highest BCUT2D eigenvalue weighted by molar-refractivity contribution is 9.10. The van der Waals surface area contributed by atoms with E-state index >= 15 is 0 Å². The summed E-state index contributed by atoms with van der Waals surface area (Å²) in [6.07, 6.45) is 0. The summed E-state index contributed by atoms with van der Waals surface area (Å²) >= 11 is 3.46. The Morgan fingerprint density at radius 1 is 1.00 bits per heavy atom.